The van der Waals surface area contributed by atoms with Crippen LogP contribution in [0.3, 0.4) is 0 Å². The first-order valence-electron chi connectivity index (χ1n) is 7.08. The van der Waals surface area contributed by atoms with Crippen LogP contribution >= 0.6 is 0 Å². The van der Waals surface area contributed by atoms with E-state index in [4.69, 9.17) is 18.6 Å². The van der Waals surface area contributed by atoms with Crippen molar-refractivity contribution in [1.29, 1.82) is 0 Å². The minimum atomic E-state index is -2.10. The van der Waals surface area contributed by atoms with Crippen LogP contribution in [0.4, 0.5) is 4.39 Å². The van der Waals surface area contributed by atoms with Crippen molar-refractivity contribution in [2.45, 2.75) is 76.6 Å². The number of methoxy groups -OCH3 is 2. The summed E-state index contributed by atoms with van der Waals surface area (Å²) < 4.78 is 36.8. The largest absolute Gasteiger partial charge is 0.408 e. The normalized spacial score (nSPS) is 36.1. The Hall–Kier alpha value is -0.0131. The summed E-state index contributed by atoms with van der Waals surface area (Å²) in [6.07, 6.45) is -3.60. The summed E-state index contributed by atoms with van der Waals surface area (Å²) in [5.74, 6) is 0. The Bertz CT molecular complexity index is 319. The smallest absolute Gasteiger partial charge is 0.192 e. The average molecular weight is 308 g/mol. The molecule has 120 valence electrons. The quantitative estimate of drug-likeness (QED) is 0.748. The van der Waals surface area contributed by atoms with Gasteiger partial charge in [0, 0.05) is 14.2 Å². The molecule has 0 saturated carbocycles. The van der Waals surface area contributed by atoms with Gasteiger partial charge in [-0.1, -0.05) is 20.8 Å². The number of rotatable bonds is 4. The summed E-state index contributed by atoms with van der Waals surface area (Å²) in [5, 5.41) is 0.00905. The molecule has 1 saturated heterocycles. The molecular weight excluding hydrogens is 279 g/mol. The molecule has 0 radical (unpaired) electrons. The van der Waals surface area contributed by atoms with Gasteiger partial charge in [-0.3, -0.25) is 0 Å². The molecule has 0 N–H and O–H groups in total. The van der Waals surface area contributed by atoms with E-state index in [2.05, 4.69) is 33.9 Å². The summed E-state index contributed by atoms with van der Waals surface area (Å²) in [5.41, 5.74) is 0. The summed E-state index contributed by atoms with van der Waals surface area (Å²) in [6, 6.07) is 0. The van der Waals surface area contributed by atoms with Crippen LogP contribution < -0.4 is 0 Å². The lowest BCUT2D eigenvalue weighted by Crippen LogP contribution is -2.60. The van der Waals surface area contributed by atoms with Crippen molar-refractivity contribution in [3.8, 4) is 0 Å². The molecule has 4 nitrogen and oxygen atoms in total. The Kier molecular flexibility index (Phi) is 5.77. The van der Waals surface area contributed by atoms with Crippen LogP contribution in [0.15, 0.2) is 0 Å². The van der Waals surface area contributed by atoms with Crippen molar-refractivity contribution < 1.29 is 23.0 Å². The molecule has 1 fully saturated rings. The topological polar surface area (TPSA) is 36.9 Å². The van der Waals surface area contributed by atoms with Crippen LogP contribution in [0.5, 0.6) is 0 Å². The highest BCUT2D eigenvalue weighted by molar-refractivity contribution is 6.74. The van der Waals surface area contributed by atoms with Crippen LogP contribution in [-0.4, -0.2) is 53.3 Å². The van der Waals surface area contributed by atoms with Gasteiger partial charge in [-0.15, -0.1) is 0 Å². The summed E-state index contributed by atoms with van der Waals surface area (Å²) in [6.45, 7) is 12.5. The lowest BCUT2D eigenvalue weighted by molar-refractivity contribution is -0.271. The van der Waals surface area contributed by atoms with Gasteiger partial charge in [-0.25, -0.2) is 4.39 Å². The predicted octanol–water partition coefficient (Wildman–Crippen LogP) is 3.12. The molecule has 0 spiro atoms. The molecule has 5 atom stereocenters. The third-order valence-electron chi connectivity index (χ3n) is 4.45. The second kappa shape index (κ2) is 6.40. The molecule has 1 aliphatic heterocycles. The summed E-state index contributed by atoms with van der Waals surface area (Å²) in [4.78, 5) is 0. The average Bonchev–Trinajstić information content (AvgIpc) is 2.32. The Labute approximate surface area is 123 Å². The van der Waals surface area contributed by atoms with Crippen LogP contribution in [-0.2, 0) is 18.6 Å². The molecule has 1 aliphatic rings. The Morgan fingerprint density at radius 3 is 2.00 bits per heavy atom. The zero-order valence-corrected chi connectivity index (χ0v) is 14.9. The molecule has 0 aromatic carbocycles. The zero-order valence-electron chi connectivity index (χ0n) is 13.9. The van der Waals surface area contributed by atoms with Crippen LogP contribution in [0.1, 0.15) is 27.7 Å². The predicted molar refractivity (Wildman–Crippen MR) is 79.1 cm³/mol. The third kappa shape index (κ3) is 3.60. The lowest BCUT2D eigenvalue weighted by atomic mass is 10.0. The first kappa shape index (κ1) is 18.0. The van der Waals surface area contributed by atoms with Crippen molar-refractivity contribution in [2.24, 2.45) is 0 Å². The first-order chi connectivity index (χ1) is 9.05. The second-order valence-corrected chi connectivity index (χ2v) is 11.7. The van der Waals surface area contributed by atoms with Gasteiger partial charge in [0.1, 0.15) is 12.2 Å². The van der Waals surface area contributed by atoms with Crippen molar-refractivity contribution in [3.63, 3.8) is 0 Å². The maximum atomic E-state index is 14.6. The molecule has 0 aliphatic carbocycles. The number of halogens is 1. The van der Waals surface area contributed by atoms with E-state index in [-0.39, 0.29) is 11.1 Å². The van der Waals surface area contributed by atoms with Gasteiger partial charge in [0.05, 0.1) is 6.10 Å². The highest BCUT2D eigenvalue weighted by atomic mass is 28.4. The minimum absolute atomic E-state index is 0.00905. The fourth-order valence-electron chi connectivity index (χ4n) is 2.13. The van der Waals surface area contributed by atoms with Gasteiger partial charge in [0.2, 0.25) is 0 Å². The van der Waals surface area contributed by atoms with Crippen molar-refractivity contribution in [1.82, 2.24) is 0 Å². The highest BCUT2D eigenvalue weighted by Gasteiger charge is 2.50. The van der Waals surface area contributed by atoms with E-state index in [1.165, 1.54) is 7.11 Å². The molecule has 20 heavy (non-hydrogen) atoms. The Morgan fingerprint density at radius 1 is 1.05 bits per heavy atom. The number of ether oxygens (including phenoxy) is 3. The molecular formula is C14H29FO4Si. The van der Waals surface area contributed by atoms with Gasteiger partial charge in [-0.2, -0.15) is 0 Å². The van der Waals surface area contributed by atoms with Crippen molar-refractivity contribution in [3.05, 3.63) is 0 Å². The van der Waals surface area contributed by atoms with Gasteiger partial charge in [-0.05, 0) is 25.1 Å². The van der Waals surface area contributed by atoms with Gasteiger partial charge < -0.3 is 18.6 Å². The molecule has 1 rings (SSSR count). The van der Waals surface area contributed by atoms with E-state index in [1.54, 1.807) is 7.11 Å². The molecule has 0 amide bonds. The SMILES string of the molecule is COC1OC(C)C(OC)C(O[Si](C)(C)C(C)(C)C)C1F. The maximum absolute atomic E-state index is 14.6. The van der Waals surface area contributed by atoms with E-state index >= 15 is 0 Å². The van der Waals surface area contributed by atoms with Crippen LogP contribution in [0.2, 0.25) is 18.1 Å². The van der Waals surface area contributed by atoms with E-state index in [0.29, 0.717) is 0 Å². The number of hydrogen-bond acceptors (Lipinski definition) is 4. The van der Waals surface area contributed by atoms with Crippen molar-refractivity contribution in [2.75, 3.05) is 14.2 Å². The zero-order chi connectivity index (χ0) is 15.7. The van der Waals surface area contributed by atoms with E-state index in [0.717, 1.165) is 0 Å². The minimum Gasteiger partial charge on any atom is -0.408 e. The standard InChI is InChI=1S/C14H29FO4Si/c1-9-11(16-5)12(10(15)13(17-6)18-9)19-20(7,8)14(2,3)4/h9-13H,1-8H3. The third-order valence-corrected chi connectivity index (χ3v) is 8.92. The Balaban J connectivity index is 2.97. The van der Waals surface area contributed by atoms with E-state index in [9.17, 15) is 4.39 Å². The van der Waals surface area contributed by atoms with E-state index in [1.807, 2.05) is 6.92 Å². The monoisotopic (exact) mass is 308 g/mol. The molecule has 0 aromatic rings. The van der Waals surface area contributed by atoms with E-state index < -0.39 is 33.0 Å². The molecule has 1 heterocycles. The lowest BCUT2D eigenvalue weighted by Gasteiger charge is -2.46. The fraction of sp³-hybridized carbons (Fsp3) is 1.00. The van der Waals surface area contributed by atoms with Crippen LogP contribution in [0.25, 0.3) is 0 Å². The summed E-state index contributed by atoms with van der Waals surface area (Å²) in [7, 11) is 0.912. The fourth-order valence-corrected chi connectivity index (χ4v) is 3.43. The number of hydrogen-bond donors (Lipinski definition) is 0. The van der Waals surface area contributed by atoms with Gasteiger partial charge >= 0.3 is 0 Å². The van der Waals surface area contributed by atoms with Gasteiger partial charge in [0.25, 0.3) is 0 Å². The Morgan fingerprint density at radius 2 is 1.60 bits per heavy atom. The molecule has 6 heteroatoms. The van der Waals surface area contributed by atoms with Crippen molar-refractivity contribution >= 4 is 8.32 Å². The highest BCUT2D eigenvalue weighted by Crippen LogP contribution is 2.40. The first-order valence-corrected chi connectivity index (χ1v) is 9.99. The molecule has 0 bridgehead atoms. The second-order valence-electron chi connectivity index (χ2n) is 6.93. The van der Waals surface area contributed by atoms with Crippen LogP contribution in [0, 0.1) is 0 Å². The number of alkyl halides is 1. The summed E-state index contributed by atoms with van der Waals surface area (Å²) >= 11 is 0. The molecule has 0 aromatic heterocycles. The van der Waals surface area contributed by atoms with Gasteiger partial charge in [0.15, 0.2) is 20.8 Å². The maximum Gasteiger partial charge on any atom is 0.192 e. The molecule has 5 unspecified atom stereocenters.